The topological polar surface area (TPSA) is 9.23 Å². The highest BCUT2D eigenvalue weighted by molar-refractivity contribution is 5.25. The van der Waals surface area contributed by atoms with Gasteiger partial charge in [-0.15, -0.1) is 0 Å². The van der Waals surface area contributed by atoms with Crippen molar-refractivity contribution in [3.05, 3.63) is 29.8 Å². The highest BCUT2D eigenvalue weighted by Gasteiger charge is 1.91. The van der Waals surface area contributed by atoms with E-state index in [-0.39, 0.29) is 0 Å². The fraction of sp³-hybridized carbons (Fsp3) is 0.400. The van der Waals surface area contributed by atoms with Gasteiger partial charge >= 0.3 is 0 Å². The number of rotatable bonds is 3. The molecule has 0 saturated carbocycles. The molecule has 0 aliphatic carbocycles. The van der Waals surface area contributed by atoms with Gasteiger partial charge in [-0.05, 0) is 25.0 Å². The summed E-state index contributed by atoms with van der Waals surface area (Å²) in [7, 11) is 0. The molecule has 1 radical (unpaired) electrons. The number of hydrogen-bond acceptors (Lipinski definition) is 1. The van der Waals surface area contributed by atoms with Crippen LogP contribution in [-0.2, 0) is 0 Å². The molecule has 1 aromatic carbocycles. The van der Waals surface area contributed by atoms with Gasteiger partial charge in [0, 0.05) is 6.07 Å². The van der Waals surface area contributed by atoms with Gasteiger partial charge in [-0.2, -0.15) is 0 Å². The zero-order valence-electron chi connectivity index (χ0n) is 7.05. The van der Waals surface area contributed by atoms with E-state index in [0.717, 1.165) is 24.3 Å². The van der Waals surface area contributed by atoms with Crippen molar-refractivity contribution in [1.29, 1.82) is 0 Å². The summed E-state index contributed by atoms with van der Waals surface area (Å²) in [6.07, 6.45) is 1.04. The van der Waals surface area contributed by atoms with Crippen molar-refractivity contribution in [2.75, 3.05) is 6.61 Å². The van der Waals surface area contributed by atoms with Crippen LogP contribution in [0.4, 0.5) is 0 Å². The van der Waals surface area contributed by atoms with Gasteiger partial charge in [-0.25, -0.2) is 0 Å². The van der Waals surface area contributed by atoms with Gasteiger partial charge in [0.15, 0.2) is 0 Å². The van der Waals surface area contributed by atoms with Gasteiger partial charge in [0.25, 0.3) is 0 Å². The number of ether oxygens (including phenoxy) is 1. The second kappa shape index (κ2) is 4.02. The average molecular weight is 149 g/mol. The standard InChI is InChI=1S/C10H13O/c1-3-7-11-10-6-4-5-9(2)8-10/h4-6H,3,7H2,1-2H3. The lowest BCUT2D eigenvalue weighted by Crippen LogP contribution is -1.94. The lowest BCUT2D eigenvalue weighted by atomic mass is 10.2. The Morgan fingerprint density at radius 2 is 2.27 bits per heavy atom. The van der Waals surface area contributed by atoms with Crippen molar-refractivity contribution >= 4 is 0 Å². The maximum Gasteiger partial charge on any atom is 0.127 e. The van der Waals surface area contributed by atoms with E-state index in [1.165, 1.54) is 0 Å². The predicted octanol–water partition coefficient (Wildman–Crippen LogP) is 2.58. The zero-order valence-corrected chi connectivity index (χ0v) is 7.05. The molecule has 0 unspecified atom stereocenters. The quantitative estimate of drug-likeness (QED) is 0.641. The number of benzene rings is 1. The SMILES string of the molecule is CCCOc1[c]c(C)ccc1. The molecule has 0 aromatic heterocycles. The van der Waals surface area contributed by atoms with Crippen molar-refractivity contribution in [2.24, 2.45) is 0 Å². The molecule has 0 aliphatic rings. The molecule has 11 heavy (non-hydrogen) atoms. The first-order chi connectivity index (χ1) is 5.33. The Bertz CT molecular complexity index is 218. The summed E-state index contributed by atoms with van der Waals surface area (Å²) in [4.78, 5) is 0. The molecule has 1 heteroatoms. The maximum absolute atomic E-state index is 5.38. The van der Waals surface area contributed by atoms with Gasteiger partial charge in [0.2, 0.25) is 0 Å². The summed E-state index contributed by atoms with van der Waals surface area (Å²) in [5, 5.41) is 0. The highest BCUT2D eigenvalue weighted by atomic mass is 16.5. The fourth-order valence-corrected chi connectivity index (χ4v) is 0.854. The van der Waals surface area contributed by atoms with Crippen LogP contribution in [-0.4, -0.2) is 6.61 Å². The van der Waals surface area contributed by atoms with Crippen molar-refractivity contribution < 1.29 is 4.74 Å². The van der Waals surface area contributed by atoms with Gasteiger partial charge in [-0.3, -0.25) is 0 Å². The lowest BCUT2D eigenvalue weighted by molar-refractivity contribution is 0.316. The summed E-state index contributed by atoms with van der Waals surface area (Å²) in [5.41, 5.74) is 1.12. The van der Waals surface area contributed by atoms with Crippen molar-refractivity contribution in [3.63, 3.8) is 0 Å². The summed E-state index contributed by atoms with van der Waals surface area (Å²) in [6, 6.07) is 9.05. The van der Waals surface area contributed by atoms with Crippen LogP contribution >= 0.6 is 0 Å². The van der Waals surface area contributed by atoms with E-state index in [4.69, 9.17) is 4.74 Å². The second-order valence-electron chi connectivity index (χ2n) is 2.55. The number of aryl methyl sites for hydroxylation is 1. The molecule has 1 rings (SSSR count). The monoisotopic (exact) mass is 149 g/mol. The molecule has 1 nitrogen and oxygen atoms in total. The van der Waals surface area contributed by atoms with Crippen LogP contribution in [0.15, 0.2) is 18.2 Å². The third kappa shape index (κ3) is 2.62. The molecular formula is C10H13O. The van der Waals surface area contributed by atoms with E-state index in [1.54, 1.807) is 0 Å². The van der Waals surface area contributed by atoms with E-state index in [2.05, 4.69) is 13.0 Å². The number of hydrogen-bond donors (Lipinski definition) is 0. The third-order valence-electron chi connectivity index (χ3n) is 1.38. The summed E-state index contributed by atoms with van der Waals surface area (Å²) in [5.74, 6) is 0.854. The normalized spacial score (nSPS) is 9.64. The molecule has 59 valence electrons. The Hall–Kier alpha value is -0.980. The fourth-order valence-electron chi connectivity index (χ4n) is 0.854. The summed E-state index contributed by atoms with van der Waals surface area (Å²) in [6.45, 7) is 4.88. The third-order valence-corrected chi connectivity index (χ3v) is 1.38. The Balaban J connectivity index is 2.56. The van der Waals surface area contributed by atoms with Crippen LogP contribution in [0.1, 0.15) is 18.9 Å². The van der Waals surface area contributed by atoms with E-state index in [1.807, 2.05) is 25.1 Å². The van der Waals surface area contributed by atoms with Gasteiger partial charge in [0.1, 0.15) is 5.75 Å². The molecular weight excluding hydrogens is 136 g/mol. The summed E-state index contributed by atoms with van der Waals surface area (Å²) < 4.78 is 5.38. The molecule has 0 atom stereocenters. The van der Waals surface area contributed by atoms with Crippen LogP contribution in [0.25, 0.3) is 0 Å². The minimum atomic E-state index is 0.778. The van der Waals surface area contributed by atoms with Crippen LogP contribution in [0.5, 0.6) is 5.75 Å². The molecule has 0 aliphatic heterocycles. The Labute approximate surface area is 68.0 Å². The lowest BCUT2D eigenvalue weighted by Gasteiger charge is -2.03. The predicted molar refractivity (Wildman–Crippen MR) is 45.8 cm³/mol. The molecule has 0 spiro atoms. The Morgan fingerprint density at radius 1 is 1.45 bits per heavy atom. The molecule has 0 saturated heterocycles. The van der Waals surface area contributed by atoms with Crippen molar-refractivity contribution in [3.8, 4) is 5.75 Å². The average Bonchev–Trinajstić information content (AvgIpc) is 2.01. The second-order valence-corrected chi connectivity index (χ2v) is 2.55. The van der Waals surface area contributed by atoms with Crippen LogP contribution < -0.4 is 4.74 Å². The molecule has 0 heterocycles. The first-order valence-electron chi connectivity index (χ1n) is 3.94. The maximum atomic E-state index is 5.38. The minimum absolute atomic E-state index is 0.778. The molecule has 0 fully saturated rings. The van der Waals surface area contributed by atoms with Gasteiger partial charge < -0.3 is 4.74 Å². The van der Waals surface area contributed by atoms with Crippen LogP contribution in [0.2, 0.25) is 0 Å². The van der Waals surface area contributed by atoms with Crippen molar-refractivity contribution in [2.45, 2.75) is 20.3 Å². The summed E-state index contributed by atoms with van der Waals surface area (Å²) >= 11 is 0. The van der Waals surface area contributed by atoms with Gasteiger partial charge in [-0.1, -0.05) is 19.1 Å². The van der Waals surface area contributed by atoms with Crippen LogP contribution in [0.3, 0.4) is 0 Å². The first kappa shape index (κ1) is 8.12. The van der Waals surface area contributed by atoms with Crippen LogP contribution in [0, 0.1) is 13.0 Å². The Kier molecular flexibility index (Phi) is 2.96. The minimum Gasteiger partial charge on any atom is -0.493 e. The van der Waals surface area contributed by atoms with E-state index in [0.29, 0.717) is 0 Å². The molecule has 0 bridgehead atoms. The Morgan fingerprint density at radius 3 is 2.91 bits per heavy atom. The first-order valence-corrected chi connectivity index (χ1v) is 3.94. The van der Waals surface area contributed by atoms with Crippen molar-refractivity contribution in [1.82, 2.24) is 0 Å². The highest BCUT2D eigenvalue weighted by Crippen LogP contribution is 2.10. The smallest absolute Gasteiger partial charge is 0.127 e. The largest absolute Gasteiger partial charge is 0.493 e. The van der Waals surface area contributed by atoms with Gasteiger partial charge in [0.05, 0.1) is 6.61 Å². The molecule has 0 N–H and O–H groups in total. The zero-order chi connectivity index (χ0) is 8.10. The van der Waals surface area contributed by atoms with E-state index in [9.17, 15) is 0 Å². The molecule has 0 amide bonds. The van der Waals surface area contributed by atoms with E-state index >= 15 is 0 Å². The van der Waals surface area contributed by atoms with E-state index < -0.39 is 0 Å². The molecule has 1 aromatic rings.